The Morgan fingerprint density at radius 2 is 0.800 bits per heavy atom. The monoisotopic (exact) mass is 152 g/mol. The van der Waals surface area contributed by atoms with E-state index in [-0.39, 0.29) is 12.9 Å². The standard InChI is InChI=1S/2C2H6.2CH2O2/c2*1-2;2*2-1-3/h2*1-2H3;2*1H,(H,2,3). The van der Waals surface area contributed by atoms with E-state index in [2.05, 4.69) is 0 Å². The average molecular weight is 152 g/mol. The second kappa shape index (κ2) is 433. The fraction of sp³-hybridized carbons (Fsp3) is 0.667. The van der Waals surface area contributed by atoms with Gasteiger partial charge in [-0.15, -0.1) is 0 Å². The molecule has 0 spiro atoms. The maximum atomic E-state index is 8.36. The molecule has 0 unspecified atom stereocenters. The first kappa shape index (κ1) is 23.1. The molecule has 2 N–H and O–H groups in total. The summed E-state index contributed by atoms with van der Waals surface area (Å²) in [4.78, 5) is 16.7. The van der Waals surface area contributed by atoms with E-state index in [4.69, 9.17) is 19.8 Å². The van der Waals surface area contributed by atoms with Crippen LogP contribution in [0.2, 0.25) is 0 Å². The van der Waals surface area contributed by atoms with Crippen molar-refractivity contribution in [3.8, 4) is 0 Å². The first-order valence-electron chi connectivity index (χ1n) is 2.99. The minimum absolute atomic E-state index is 0.250. The van der Waals surface area contributed by atoms with Crippen molar-refractivity contribution in [2.45, 2.75) is 27.7 Å². The second-order valence-electron chi connectivity index (χ2n) is 0.211. The van der Waals surface area contributed by atoms with E-state index in [0.717, 1.165) is 0 Å². The predicted molar refractivity (Wildman–Crippen MR) is 40.1 cm³/mol. The second-order valence-corrected chi connectivity index (χ2v) is 0.211. The lowest BCUT2D eigenvalue weighted by Crippen LogP contribution is -1.49. The Hall–Kier alpha value is -1.06. The largest absolute Gasteiger partial charge is 0.483 e. The lowest BCUT2D eigenvalue weighted by molar-refractivity contribution is -0.123. The quantitative estimate of drug-likeness (QED) is 0.515. The van der Waals surface area contributed by atoms with E-state index >= 15 is 0 Å². The van der Waals surface area contributed by atoms with Crippen LogP contribution in [-0.4, -0.2) is 23.2 Å². The van der Waals surface area contributed by atoms with Crippen LogP contribution in [0, 0.1) is 0 Å². The van der Waals surface area contributed by atoms with Gasteiger partial charge in [0.15, 0.2) is 0 Å². The fourth-order valence-electron chi connectivity index (χ4n) is 0. The SMILES string of the molecule is CC.CC.O=CO.O=CO. The van der Waals surface area contributed by atoms with Gasteiger partial charge >= 0.3 is 0 Å². The summed E-state index contributed by atoms with van der Waals surface area (Å²) >= 11 is 0. The summed E-state index contributed by atoms with van der Waals surface area (Å²) in [6, 6.07) is 0. The molecule has 0 amide bonds. The summed E-state index contributed by atoms with van der Waals surface area (Å²) < 4.78 is 0. The Balaban J connectivity index is -0.0000000246. The highest BCUT2D eigenvalue weighted by atomic mass is 16.3. The Morgan fingerprint density at radius 3 is 0.800 bits per heavy atom. The maximum absolute atomic E-state index is 8.36. The summed E-state index contributed by atoms with van der Waals surface area (Å²) in [5.41, 5.74) is 0. The van der Waals surface area contributed by atoms with Crippen LogP contribution < -0.4 is 0 Å². The van der Waals surface area contributed by atoms with Gasteiger partial charge in [0, 0.05) is 0 Å². The van der Waals surface area contributed by atoms with Crippen molar-refractivity contribution < 1.29 is 19.8 Å². The maximum Gasteiger partial charge on any atom is 0.290 e. The van der Waals surface area contributed by atoms with Gasteiger partial charge in [0.1, 0.15) is 0 Å². The summed E-state index contributed by atoms with van der Waals surface area (Å²) in [6.45, 7) is 7.50. The summed E-state index contributed by atoms with van der Waals surface area (Å²) in [6.07, 6.45) is 0. The van der Waals surface area contributed by atoms with E-state index < -0.39 is 0 Å². The van der Waals surface area contributed by atoms with Crippen LogP contribution in [0.15, 0.2) is 0 Å². The molecule has 64 valence electrons. The minimum Gasteiger partial charge on any atom is -0.483 e. The van der Waals surface area contributed by atoms with E-state index in [0.29, 0.717) is 0 Å². The van der Waals surface area contributed by atoms with Crippen LogP contribution in [0.5, 0.6) is 0 Å². The molecule has 0 saturated carbocycles. The minimum atomic E-state index is -0.250. The highest BCUT2D eigenvalue weighted by Crippen LogP contribution is 1.15. The summed E-state index contributed by atoms with van der Waals surface area (Å²) in [5.74, 6) is 0. The van der Waals surface area contributed by atoms with E-state index in [9.17, 15) is 0 Å². The van der Waals surface area contributed by atoms with Crippen LogP contribution >= 0.6 is 0 Å². The Morgan fingerprint density at radius 1 is 0.800 bits per heavy atom. The number of carbonyl (C=O) groups is 2. The highest BCUT2D eigenvalue weighted by molar-refractivity contribution is 5.32. The molecule has 0 rings (SSSR count). The zero-order valence-electron chi connectivity index (χ0n) is 6.87. The molecule has 4 nitrogen and oxygen atoms in total. The molecule has 10 heavy (non-hydrogen) atoms. The molecule has 0 radical (unpaired) electrons. The molecule has 0 aliphatic rings. The smallest absolute Gasteiger partial charge is 0.290 e. The van der Waals surface area contributed by atoms with Gasteiger partial charge in [-0.05, 0) is 0 Å². The molecule has 0 saturated heterocycles. The molecule has 0 fully saturated rings. The van der Waals surface area contributed by atoms with Crippen molar-refractivity contribution in [3.63, 3.8) is 0 Å². The van der Waals surface area contributed by atoms with E-state index in [1.54, 1.807) is 0 Å². The molecular formula is C6H16O4. The van der Waals surface area contributed by atoms with E-state index in [1.807, 2.05) is 27.7 Å². The molecule has 0 aliphatic carbocycles. The van der Waals surface area contributed by atoms with Crippen LogP contribution in [0.1, 0.15) is 27.7 Å². The molecule has 0 aromatic heterocycles. The Kier molecular flexibility index (Phi) is 1000. The van der Waals surface area contributed by atoms with Gasteiger partial charge in [-0.25, -0.2) is 0 Å². The number of rotatable bonds is 0. The number of hydrogen-bond acceptors (Lipinski definition) is 2. The van der Waals surface area contributed by atoms with Gasteiger partial charge in [0.25, 0.3) is 12.9 Å². The third kappa shape index (κ3) is 218. The van der Waals surface area contributed by atoms with Crippen molar-refractivity contribution in [2.75, 3.05) is 0 Å². The number of carboxylic acid groups (broad SMARTS) is 2. The summed E-state index contributed by atoms with van der Waals surface area (Å²) in [7, 11) is 0. The van der Waals surface area contributed by atoms with Crippen LogP contribution in [-0.2, 0) is 9.59 Å². The van der Waals surface area contributed by atoms with Gasteiger partial charge in [0.2, 0.25) is 0 Å². The van der Waals surface area contributed by atoms with Crippen LogP contribution in [0.3, 0.4) is 0 Å². The average Bonchev–Trinajstić information content (AvgIpc) is 1.99. The van der Waals surface area contributed by atoms with Crippen LogP contribution in [0.25, 0.3) is 0 Å². The molecule has 0 aromatic rings. The Bertz CT molecular complexity index is 30.7. The topological polar surface area (TPSA) is 74.6 Å². The van der Waals surface area contributed by atoms with Crippen molar-refractivity contribution in [3.05, 3.63) is 0 Å². The summed E-state index contributed by atoms with van der Waals surface area (Å²) in [5, 5.41) is 13.8. The van der Waals surface area contributed by atoms with Crippen LogP contribution in [0.4, 0.5) is 0 Å². The molecular weight excluding hydrogens is 136 g/mol. The fourth-order valence-corrected chi connectivity index (χ4v) is 0. The van der Waals surface area contributed by atoms with Gasteiger partial charge in [-0.2, -0.15) is 0 Å². The van der Waals surface area contributed by atoms with E-state index in [1.165, 1.54) is 0 Å². The predicted octanol–water partition coefficient (Wildman–Crippen LogP) is 1.45. The first-order valence-corrected chi connectivity index (χ1v) is 2.99. The molecule has 0 heterocycles. The lowest BCUT2D eigenvalue weighted by Gasteiger charge is -1.34. The third-order valence-electron chi connectivity index (χ3n) is 0. The van der Waals surface area contributed by atoms with Gasteiger partial charge in [-0.3, -0.25) is 9.59 Å². The molecule has 4 heteroatoms. The third-order valence-corrected chi connectivity index (χ3v) is 0. The lowest BCUT2D eigenvalue weighted by atomic mass is 11.0. The highest BCUT2D eigenvalue weighted by Gasteiger charge is 1.22. The van der Waals surface area contributed by atoms with Crippen molar-refractivity contribution >= 4 is 12.9 Å². The zero-order valence-corrected chi connectivity index (χ0v) is 6.87. The normalized spacial score (nSPS) is 3.60. The van der Waals surface area contributed by atoms with Crippen molar-refractivity contribution in [2.24, 2.45) is 0 Å². The number of hydrogen-bond donors (Lipinski definition) is 2. The zero-order chi connectivity index (χ0) is 9.41. The van der Waals surface area contributed by atoms with Gasteiger partial charge in [-0.1, -0.05) is 27.7 Å². The van der Waals surface area contributed by atoms with Gasteiger partial charge in [0.05, 0.1) is 0 Å². The van der Waals surface area contributed by atoms with Gasteiger partial charge < -0.3 is 10.2 Å². The molecule has 0 bridgehead atoms. The van der Waals surface area contributed by atoms with Crippen molar-refractivity contribution in [1.82, 2.24) is 0 Å². The Labute approximate surface area is 61.5 Å². The molecule has 0 aromatic carbocycles. The van der Waals surface area contributed by atoms with Crippen molar-refractivity contribution in [1.29, 1.82) is 0 Å². The molecule has 0 aliphatic heterocycles. The first-order chi connectivity index (χ1) is 4.83. The molecule has 0 atom stereocenters.